The Hall–Kier alpha value is -0.830. The van der Waals surface area contributed by atoms with Crippen LogP contribution in [0.5, 0.6) is 0 Å². The zero-order valence-corrected chi connectivity index (χ0v) is 9.29. The van der Waals surface area contributed by atoms with Crippen LogP contribution >= 0.6 is 0 Å². The van der Waals surface area contributed by atoms with E-state index in [1.165, 1.54) is 19.2 Å². The van der Waals surface area contributed by atoms with Gasteiger partial charge in [-0.2, -0.15) is 0 Å². The number of nitrogens with zero attached hydrogens (tertiary/aromatic N) is 1. The van der Waals surface area contributed by atoms with Gasteiger partial charge >= 0.3 is 0 Å². The quantitative estimate of drug-likeness (QED) is 0.807. The maximum absolute atomic E-state index is 4.87. The zero-order valence-electron chi connectivity index (χ0n) is 9.29. The normalized spacial score (nSPS) is 24.8. The minimum atomic E-state index is 0.705. The first kappa shape index (κ1) is 11.2. The maximum atomic E-state index is 4.87. The molecule has 1 heterocycles. The molecule has 0 radical (unpaired) electrons. The van der Waals surface area contributed by atoms with Gasteiger partial charge in [0, 0.05) is 12.6 Å². The van der Waals surface area contributed by atoms with Crippen molar-refractivity contribution in [3.63, 3.8) is 0 Å². The second kappa shape index (κ2) is 5.81. The summed E-state index contributed by atoms with van der Waals surface area (Å²) in [6, 6.07) is 0.705. The molecule has 1 aliphatic carbocycles. The number of aromatic nitrogens is 1. The zero-order chi connectivity index (χ0) is 10.4. The van der Waals surface area contributed by atoms with Crippen molar-refractivity contribution in [1.29, 1.82) is 0 Å². The van der Waals surface area contributed by atoms with E-state index in [1.54, 1.807) is 6.26 Å². The fourth-order valence-corrected chi connectivity index (χ4v) is 1.64. The van der Waals surface area contributed by atoms with Gasteiger partial charge in [-0.25, -0.2) is 4.98 Å². The van der Waals surface area contributed by atoms with Crippen molar-refractivity contribution in [3.8, 4) is 0 Å². The SMILES string of the molecule is CC.CC1CC(NCc2cocn2)C1. The molecule has 0 saturated heterocycles. The Balaban J connectivity index is 0.000000461. The fraction of sp³-hybridized carbons (Fsp3) is 0.727. The highest BCUT2D eigenvalue weighted by Crippen LogP contribution is 2.26. The Morgan fingerprint density at radius 1 is 1.50 bits per heavy atom. The second-order valence-corrected chi connectivity index (χ2v) is 3.63. The number of nitrogens with one attached hydrogen (secondary N) is 1. The first-order valence-electron chi connectivity index (χ1n) is 5.45. The summed E-state index contributed by atoms with van der Waals surface area (Å²) in [5.74, 6) is 0.903. The van der Waals surface area contributed by atoms with Gasteiger partial charge in [-0.15, -0.1) is 0 Å². The van der Waals surface area contributed by atoms with E-state index in [0.717, 1.165) is 18.2 Å². The van der Waals surface area contributed by atoms with E-state index in [9.17, 15) is 0 Å². The summed E-state index contributed by atoms with van der Waals surface area (Å²) in [5.41, 5.74) is 0.995. The first-order chi connectivity index (χ1) is 6.84. The molecule has 0 aromatic carbocycles. The Kier molecular flexibility index (Phi) is 4.66. The van der Waals surface area contributed by atoms with E-state index in [0.29, 0.717) is 6.04 Å². The lowest BCUT2D eigenvalue weighted by Crippen LogP contribution is -2.39. The Morgan fingerprint density at radius 3 is 2.71 bits per heavy atom. The molecule has 1 N–H and O–H groups in total. The van der Waals surface area contributed by atoms with Crippen molar-refractivity contribution in [2.24, 2.45) is 5.92 Å². The van der Waals surface area contributed by atoms with E-state index in [1.807, 2.05) is 13.8 Å². The van der Waals surface area contributed by atoms with Crippen LogP contribution < -0.4 is 5.32 Å². The van der Waals surface area contributed by atoms with Gasteiger partial charge in [-0.05, 0) is 18.8 Å². The van der Waals surface area contributed by atoms with Crippen LogP contribution in [0.15, 0.2) is 17.1 Å². The molecule has 0 unspecified atom stereocenters. The predicted molar refractivity (Wildman–Crippen MR) is 56.9 cm³/mol. The maximum Gasteiger partial charge on any atom is 0.180 e. The molecule has 0 aliphatic heterocycles. The molecule has 0 atom stereocenters. The average molecular weight is 196 g/mol. The van der Waals surface area contributed by atoms with E-state index in [-0.39, 0.29) is 0 Å². The van der Waals surface area contributed by atoms with Crippen molar-refractivity contribution in [3.05, 3.63) is 18.4 Å². The lowest BCUT2D eigenvalue weighted by atomic mass is 9.82. The number of hydrogen-bond acceptors (Lipinski definition) is 3. The van der Waals surface area contributed by atoms with E-state index in [2.05, 4.69) is 17.2 Å². The molecule has 14 heavy (non-hydrogen) atoms. The van der Waals surface area contributed by atoms with E-state index >= 15 is 0 Å². The topological polar surface area (TPSA) is 38.1 Å². The molecular weight excluding hydrogens is 176 g/mol. The summed E-state index contributed by atoms with van der Waals surface area (Å²) in [6.45, 7) is 7.13. The second-order valence-electron chi connectivity index (χ2n) is 3.63. The Bertz CT molecular complexity index is 227. The fourth-order valence-electron chi connectivity index (χ4n) is 1.64. The third-order valence-electron chi connectivity index (χ3n) is 2.43. The minimum absolute atomic E-state index is 0.705. The number of oxazole rings is 1. The van der Waals surface area contributed by atoms with Crippen molar-refractivity contribution in [2.75, 3.05) is 0 Å². The number of rotatable bonds is 3. The van der Waals surface area contributed by atoms with Gasteiger partial charge in [0.05, 0.1) is 5.69 Å². The van der Waals surface area contributed by atoms with Gasteiger partial charge in [0.25, 0.3) is 0 Å². The third-order valence-corrected chi connectivity index (χ3v) is 2.43. The Labute approximate surface area is 85.9 Å². The van der Waals surface area contributed by atoms with Crippen LogP contribution in [0, 0.1) is 5.92 Å². The summed E-state index contributed by atoms with van der Waals surface area (Å²) < 4.78 is 4.87. The highest BCUT2D eigenvalue weighted by Gasteiger charge is 2.24. The highest BCUT2D eigenvalue weighted by atomic mass is 16.3. The van der Waals surface area contributed by atoms with Gasteiger partial charge in [0.15, 0.2) is 6.39 Å². The van der Waals surface area contributed by atoms with Crippen molar-refractivity contribution in [2.45, 2.75) is 46.2 Å². The molecular formula is C11H20N2O. The van der Waals surface area contributed by atoms with Crippen LogP contribution in [-0.4, -0.2) is 11.0 Å². The van der Waals surface area contributed by atoms with Crippen LogP contribution in [0.4, 0.5) is 0 Å². The molecule has 80 valence electrons. The van der Waals surface area contributed by atoms with Crippen LogP contribution in [0.1, 0.15) is 39.3 Å². The van der Waals surface area contributed by atoms with Crippen LogP contribution in [-0.2, 0) is 6.54 Å². The van der Waals surface area contributed by atoms with Gasteiger partial charge < -0.3 is 9.73 Å². The van der Waals surface area contributed by atoms with Gasteiger partial charge in [-0.3, -0.25) is 0 Å². The lowest BCUT2D eigenvalue weighted by Gasteiger charge is -2.33. The van der Waals surface area contributed by atoms with Gasteiger partial charge in [0.1, 0.15) is 6.26 Å². The molecule has 0 spiro atoms. The lowest BCUT2D eigenvalue weighted by molar-refractivity contribution is 0.239. The Morgan fingerprint density at radius 2 is 2.21 bits per heavy atom. The smallest absolute Gasteiger partial charge is 0.180 e. The summed E-state index contributed by atoms with van der Waals surface area (Å²) >= 11 is 0. The highest BCUT2D eigenvalue weighted by molar-refractivity contribution is 4.92. The van der Waals surface area contributed by atoms with Crippen LogP contribution in [0.25, 0.3) is 0 Å². The van der Waals surface area contributed by atoms with E-state index in [4.69, 9.17) is 4.42 Å². The van der Waals surface area contributed by atoms with Crippen molar-refractivity contribution < 1.29 is 4.42 Å². The monoisotopic (exact) mass is 196 g/mol. The molecule has 3 nitrogen and oxygen atoms in total. The first-order valence-corrected chi connectivity index (χ1v) is 5.45. The summed E-state index contributed by atoms with van der Waals surface area (Å²) in [5, 5.41) is 3.43. The molecule has 3 heteroatoms. The number of hydrogen-bond donors (Lipinski definition) is 1. The van der Waals surface area contributed by atoms with Gasteiger partial charge in [-0.1, -0.05) is 20.8 Å². The van der Waals surface area contributed by atoms with Crippen molar-refractivity contribution in [1.82, 2.24) is 10.3 Å². The predicted octanol–water partition coefficient (Wildman–Crippen LogP) is 2.59. The van der Waals surface area contributed by atoms with E-state index < -0.39 is 0 Å². The third kappa shape index (κ3) is 3.14. The summed E-state index contributed by atoms with van der Waals surface area (Å²) in [6.07, 6.45) is 5.77. The molecule has 2 rings (SSSR count). The van der Waals surface area contributed by atoms with Crippen LogP contribution in [0.3, 0.4) is 0 Å². The minimum Gasteiger partial charge on any atom is -0.451 e. The summed E-state index contributed by atoms with van der Waals surface area (Å²) in [7, 11) is 0. The molecule has 0 bridgehead atoms. The molecule has 1 fully saturated rings. The molecule has 1 saturated carbocycles. The summed E-state index contributed by atoms with van der Waals surface area (Å²) in [4.78, 5) is 4.04. The standard InChI is InChI=1S/C9H14N2O.C2H6/c1-7-2-8(3-7)10-4-9-5-12-6-11-9;1-2/h5-8,10H,2-4H2,1H3;1-2H3. The van der Waals surface area contributed by atoms with Crippen LogP contribution in [0.2, 0.25) is 0 Å². The molecule has 1 aromatic heterocycles. The molecule has 1 aromatic rings. The average Bonchev–Trinajstić information content (AvgIpc) is 2.66. The molecule has 1 aliphatic rings. The van der Waals surface area contributed by atoms with Crippen molar-refractivity contribution >= 4 is 0 Å². The molecule has 0 amide bonds. The largest absolute Gasteiger partial charge is 0.451 e. The van der Waals surface area contributed by atoms with Gasteiger partial charge in [0.2, 0.25) is 0 Å².